The summed E-state index contributed by atoms with van der Waals surface area (Å²) in [5.74, 6) is 0.237. The van der Waals surface area contributed by atoms with Gasteiger partial charge < -0.3 is 20.7 Å². The maximum Gasteiger partial charge on any atom is 0.319 e. The third kappa shape index (κ3) is 7.34. The molecule has 0 unspecified atom stereocenters. The van der Waals surface area contributed by atoms with Gasteiger partial charge in [-0.2, -0.15) is 0 Å². The summed E-state index contributed by atoms with van der Waals surface area (Å²) in [6.45, 7) is 6.04. The van der Waals surface area contributed by atoms with Crippen LogP contribution in [-0.2, 0) is 4.74 Å². The molecule has 0 aliphatic rings. The molecule has 1 aromatic carbocycles. The van der Waals surface area contributed by atoms with Crippen LogP contribution in [0.25, 0.3) is 0 Å². The molecule has 1 aromatic rings. The summed E-state index contributed by atoms with van der Waals surface area (Å²) < 4.78 is 5.43. The van der Waals surface area contributed by atoms with Crippen LogP contribution in [0.2, 0.25) is 5.02 Å². The van der Waals surface area contributed by atoms with E-state index in [0.29, 0.717) is 30.3 Å². The average Bonchev–Trinajstić information content (AvgIpc) is 2.50. The van der Waals surface area contributed by atoms with Gasteiger partial charge in [-0.3, -0.25) is 4.79 Å². The molecule has 0 heterocycles. The summed E-state index contributed by atoms with van der Waals surface area (Å²) in [5.41, 5.74) is 0.888. The van der Waals surface area contributed by atoms with Gasteiger partial charge >= 0.3 is 6.03 Å². The molecule has 7 heteroatoms. The van der Waals surface area contributed by atoms with E-state index in [2.05, 4.69) is 29.8 Å². The predicted octanol–water partition coefficient (Wildman–Crippen LogP) is 2.88. The zero-order valence-electron chi connectivity index (χ0n) is 13.7. The van der Waals surface area contributed by atoms with Gasteiger partial charge in [-0.15, -0.1) is 0 Å². The fraction of sp³-hybridized carbons (Fsp3) is 0.500. The van der Waals surface area contributed by atoms with Crippen LogP contribution in [0.15, 0.2) is 18.2 Å². The largest absolute Gasteiger partial charge is 0.381 e. The summed E-state index contributed by atoms with van der Waals surface area (Å²) in [4.78, 5) is 23.3. The third-order valence-electron chi connectivity index (χ3n) is 2.90. The molecule has 0 aliphatic heterocycles. The number of halogens is 1. The topological polar surface area (TPSA) is 79.5 Å². The van der Waals surface area contributed by atoms with Crippen LogP contribution in [-0.4, -0.2) is 38.7 Å². The highest BCUT2D eigenvalue weighted by Gasteiger charge is 2.10. The first kappa shape index (κ1) is 19.3. The van der Waals surface area contributed by atoms with E-state index < -0.39 is 0 Å². The van der Waals surface area contributed by atoms with Crippen molar-refractivity contribution in [1.82, 2.24) is 10.6 Å². The Balaban J connectivity index is 2.34. The lowest BCUT2D eigenvalue weighted by Crippen LogP contribution is -2.30. The number of rotatable bonds is 8. The van der Waals surface area contributed by atoms with E-state index in [4.69, 9.17) is 16.3 Å². The molecule has 1 rings (SSSR count). The molecule has 0 fully saturated rings. The number of hydrogen-bond acceptors (Lipinski definition) is 3. The van der Waals surface area contributed by atoms with E-state index in [1.54, 1.807) is 12.1 Å². The zero-order chi connectivity index (χ0) is 17.2. The number of urea groups is 1. The molecule has 0 saturated heterocycles. The highest BCUT2D eigenvalue weighted by Crippen LogP contribution is 2.20. The number of carbonyl (C=O) groups excluding carboxylic acids is 2. The van der Waals surface area contributed by atoms with Gasteiger partial charge in [0.25, 0.3) is 5.91 Å². The van der Waals surface area contributed by atoms with Crippen molar-refractivity contribution in [1.29, 1.82) is 0 Å². The molecule has 0 saturated carbocycles. The summed E-state index contributed by atoms with van der Waals surface area (Å²) in [6.07, 6.45) is 0.747. The molecule has 3 N–H and O–H groups in total. The fourth-order valence-corrected chi connectivity index (χ4v) is 2.05. The van der Waals surface area contributed by atoms with E-state index in [-0.39, 0.29) is 17.0 Å². The van der Waals surface area contributed by atoms with E-state index in [9.17, 15) is 9.59 Å². The molecule has 0 bridgehead atoms. The Morgan fingerprint density at radius 2 is 2.04 bits per heavy atom. The molecular formula is C16H24ClN3O3. The lowest BCUT2D eigenvalue weighted by Gasteiger charge is -2.10. The van der Waals surface area contributed by atoms with Crippen molar-refractivity contribution in [2.75, 3.05) is 32.1 Å². The molecule has 3 amide bonds. The SMILES string of the molecule is CNC(=O)c1ccc(NC(=O)NCCCOCC(C)C)cc1Cl. The Kier molecular flexibility index (Phi) is 8.43. The number of anilines is 1. The lowest BCUT2D eigenvalue weighted by molar-refractivity contribution is 0.0963. The molecule has 0 atom stereocenters. The molecule has 6 nitrogen and oxygen atoms in total. The summed E-state index contributed by atoms with van der Waals surface area (Å²) in [7, 11) is 1.53. The molecule has 0 radical (unpaired) electrons. The van der Waals surface area contributed by atoms with Crippen LogP contribution >= 0.6 is 11.6 Å². The van der Waals surface area contributed by atoms with Crippen LogP contribution in [0.1, 0.15) is 30.6 Å². The van der Waals surface area contributed by atoms with Gasteiger partial charge in [0.05, 0.1) is 10.6 Å². The number of carbonyl (C=O) groups is 2. The minimum absolute atomic E-state index is 0.271. The molecular weight excluding hydrogens is 318 g/mol. The van der Waals surface area contributed by atoms with Crippen LogP contribution in [0.3, 0.4) is 0 Å². The number of nitrogens with one attached hydrogen (secondary N) is 3. The van der Waals surface area contributed by atoms with Crippen LogP contribution in [0.4, 0.5) is 10.5 Å². The Morgan fingerprint density at radius 3 is 2.65 bits per heavy atom. The van der Waals surface area contributed by atoms with Crippen LogP contribution in [0.5, 0.6) is 0 Å². The molecule has 0 aromatic heterocycles. The number of benzene rings is 1. The third-order valence-corrected chi connectivity index (χ3v) is 3.21. The van der Waals surface area contributed by atoms with E-state index in [1.807, 2.05) is 0 Å². The van der Waals surface area contributed by atoms with Crippen molar-refractivity contribution in [2.45, 2.75) is 20.3 Å². The second-order valence-electron chi connectivity index (χ2n) is 5.48. The average molecular weight is 342 g/mol. The van der Waals surface area contributed by atoms with Crippen molar-refractivity contribution < 1.29 is 14.3 Å². The van der Waals surface area contributed by atoms with Crippen molar-refractivity contribution >= 4 is 29.2 Å². The fourth-order valence-electron chi connectivity index (χ4n) is 1.78. The van der Waals surface area contributed by atoms with Gasteiger partial charge in [0.15, 0.2) is 0 Å². The van der Waals surface area contributed by atoms with Crippen molar-refractivity contribution in [2.24, 2.45) is 5.92 Å². The summed E-state index contributed by atoms with van der Waals surface area (Å²) in [6, 6.07) is 4.41. The van der Waals surface area contributed by atoms with Crippen LogP contribution in [0, 0.1) is 5.92 Å². The molecule has 128 valence electrons. The van der Waals surface area contributed by atoms with Gasteiger partial charge in [-0.05, 0) is 30.5 Å². The second kappa shape index (κ2) is 10.1. The summed E-state index contributed by atoms with van der Waals surface area (Å²) in [5, 5.41) is 8.18. The molecule has 23 heavy (non-hydrogen) atoms. The zero-order valence-corrected chi connectivity index (χ0v) is 14.5. The highest BCUT2D eigenvalue weighted by molar-refractivity contribution is 6.34. The Bertz CT molecular complexity index is 535. The highest BCUT2D eigenvalue weighted by atomic mass is 35.5. The standard InChI is InChI=1S/C16H24ClN3O3/c1-11(2)10-23-8-4-7-19-16(22)20-12-5-6-13(14(17)9-12)15(21)18-3/h5-6,9,11H,4,7-8,10H2,1-3H3,(H,18,21)(H2,19,20,22). The monoisotopic (exact) mass is 341 g/mol. The first-order valence-electron chi connectivity index (χ1n) is 7.58. The lowest BCUT2D eigenvalue weighted by atomic mass is 10.2. The minimum atomic E-state index is -0.322. The van der Waals surface area contributed by atoms with E-state index in [1.165, 1.54) is 13.1 Å². The number of ether oxygens (including phenoxy) is 1. The quantitative estimate of drug-likeness (QED) is 0.636. The maximum absolute atomic E-state index is 11.8. The summed E-state index contributed by atoms with van der Waals surface area (Å²) >= 11 is 6.02. The van der Waals surface area contributed by atoms with Crippen molar-refractivity contribution in [3.63, 3.8) is 0 Å². The van der Waals surface area contributed by atoms with E-state index in [0.717, 1.165) is 13.0 Å². The first-order valence-corrected chi connectivity index (χ1v) is 7.96. The smallest absolute Gasteiger partial charge is 0.319 e. The first-order chi connectivity index (χ1) is 10.9. The van der Waals surface area contributed by atoms with Crippen molar-refractivity contribution in [3.8, 4) is 0 Å². The normalized spacial score (nSPS) is 10.5. The number of amides is 3. The predicted molar refractivity (Wildman–Crippen MR) is 92.1 cm³/mol. The Hall–Kier alpha value is -1.79. The van der Waals surface area contributed by atoms with Gasteiger partial charge in [-0.1, -0.05) is 25.4 Å². The maximum atomic E-state index is 11.8. The van der Waals surface area contributed by atoms with Gasteiger partial charge in [0.1, 0.15) is 0 Å². The number of hydrogen-bond donors (Lipinski definition) is 3. The molecule has 0 spiro atoms. The van der Waals surface area contributed by atoms with Gasteiger partial charge in [0, 0.05) is 32.5 Å². The Morgan fingerprint density at radius 1 is 1.30 bits per heavy atom. The van der Waals surface area contributed by atoms with Crippen molar-refractivity contribution in [3.05, 3.63) is 28.8 Å². The van der Waals surface area contributed by atoms with Gasteiger partial charge in [-0.25, -0.2) is 4.79 Å². The minimum Gasteiger partial charge on any atom is -0.381 e. The van der Waals surface area contributed by atoms with Gasteiger partial charge in [0.2, 0.25) is 0 Å². The molecule has 0 aliphatic carbocycles. The van der Waals surface area contributed by atoms with E-state index >= 15 is 0 Å². The second-order valence-corrected chi connectivity index (χ2v) is 5.88. The Labute approximate surface area is 141 Å². The van der Waals surface area contributed by atoms with Crippen LogP contribution < -0.4 is 16.0 Å².